The molecular weight excluding hydrogens is 588 g/mol. The van der Waals surface area contributed by atoms with E-state index in [1.165, 1.54) is 0 Å². The maximum Gasteiger partial charge on any atom is 0.260 e. The minimum Gasteiger partial charge on any atom is -0.493 e. The van der Waals surface area contributed by atoms with Gasteiger partial charge in [0.25, 0.3) is 11.8 Å². The second kappa shape index (κ2) is 12.0. The van der Waals surface area contributed by atoms with Gasteiger partial charge in [0, 0.05) is 30.7 Å². The summed E-state index contributed by atoms with van der Waals surface area (Å²) >= 11 is 0. The van der Waals surface area contributed by atoms with E-state index in [1.54, 1.807) is 48.3 Å². The minimum atomic E-state index is -0.958. The molecule has 2 amide bonds. The van der Waals surface area contributed by atoms with Crippen LogP contribution in [0.15, 0.2) is 52.8 Å². The van der Waals surface area contributed by atoms with Crippen LogP contribution in [-0.4, -0.2) is 77.7 Å². The summed E-state index contributed by atoms with van der Waals surface area (Å²) in [6, 6.07) is 6.88. The molecular formula is C35H42N4O7. The Kier molecular flexibility index (Phi) is 8.22. The zero-order valence-corrected chi connectivity index (χ0v) is 27.3. The van der Waals surface area contributed by atoms with E-state index in [0.29, 0.717) is 65.1 Å². The lowest BCUT2D eigenvalue weighted by molar-refractivity contribution is 0.0298. The number of aliphatic imine (C=N–C) groups is 1. The maximum absolute atomic E-state index is 13.5. The number of amides is 2. The molecule has 2 aromatic carbocycles. The Hall–Kier alpha value is -4.51. The normalized spacial score (nSPS) is 24.5. The summed E-state index contributed by atoms with van der Waals surface area (Å²) in [4.78, 5) is 34.9. The van der Waals surface area contributed by atoms with Crippen molar-refractivity contribution in [3.63, 3.8) is 0 Å². The van der Waals surface area contributed by atoms with Crippen molar-refractivity contribution in [1.82, 2.24) is 9.80 Å². The van der Waals surface area contributed by atoms with Crippen LogP contribution in [0.3, 0.4) is 0 Å². The first-order valence-electron chi connectivity index (χ1n) is 15.7. The third-order valence-electron chi connectivity index (χ3n) is 9.22. The van der Waals surface area contributed by atoms with Crippen molar-refractivity contribution in [1.29, 1.82) is 0 Å². The van der Waals surface area contributed by atoms with E-state index in [1.807, 2.05) is 46.3 Å². The Bertz CT molecular complexity index is 1670. The minimum absolute atomic E-state index is 0.108. The Morgan fingerprint density at radius 2 is 1.41 bits per heavy atom. The number of ether oxygens (including phenoxy) is 4. The lowest BCUT2D eigenvalue weighted by Gasteiger charge is -2.36. The SMILES string of the molecule is COc1cc2c(cc1OCCCCCOc1cc3c(cc1OC)C(=O)N1C=C(C)C[C@@]1(C)[C@H](O)N3)N=C[C@]1(C)CC(C)=CN1C2=O. The van der Waals surface area contributed by atoms with E-state index in [0.717, 1.165) is 36.8 Å². The molecule has 3 atom stereocenters. The zero-order valence-electron chi connectivity index (χ0n) is 27.3. The van der Waals surface area contributed by atoms with Gasteiger partial charge in [-0.3, -0.25) is 14.6 Å². The molecule has 11 heteroatoms. The van der Waals surface area contributed by atoms with Gasteiger partial charge in [0.1, 0.15) is 6.23 Å². The summed E-state index contributed by atoms with van der Waals surface area (Å²) in [6.07, 6.45) is 8.28. The van der Waals surface area contributed by atoms with Crippen LogP contribution in [0.1, 0.15) is 80.5 Å². The van der Waals surface area contributed by atoms with Crippen LogP contribution in [0, 0.1) is 0 Å². The zero-order chi connectivity index (χ0) is 32.8. The van der Waals surface area contributed by atoms with Crippen LogP contribution < -0.4 is 24.3 Å². The summed E-state index contributed by atoms with van der Waals surface area (Å²) < 4.78 is 23.3. The number of methoxy groups -OCH3 is 2. The molecule has 0 radical (unpaired) electrons. The number of aliphatic hydroxyl groups excluding tert-OH is 1. The maximum atomic E-state index is 13.5. The first kappa shape index (κ1) is 31.5. The van der Waals surface area contributed by atoms with Gasteiger partial charge in [0.2, 0.25) is 0 Å². The first-order chi connectivity index (χ1) is 22.0. The van der Waals surface area contributed by atoms with Crippen LogP contribution in [-0.2, 0) is 0 Å². The fourth-order valence-electron chi connectivity index (χ4n) is 6.79. The highest BCUT2D eigenvalue weighted by molar-refractivity contribution is 6.05. The van der Waals surface area contributed by atoms with Gasteiger partial charge in [0.05, 0.1) is 61.0 Å². The third-order valence-corrected chi connectivity index (χ3v) is 9.22. The number of aliphatic hydroxyl groups is 1. The van der Waals surface area contributed by atoms with Crippen LogP contribution in [0.25, 0.3) is 0 Å². The molecule has 2 aromatic rings. The van der Waals surface area contributed by atoms with Gasteiger partial charge in [-0.25, -0.2) is 0 Å². The average molecular weight is 631 g/mol. The quantitative estimate of drug-likeness (QED) is 0.316. The van der Waals surface area contributed by atoms with E-state index >= 15 is 0 Å². The van der Waals surface area contributed by atoms with Crippen molar-refractivity contribution >= 4 is 29.4 Å². The summed E-state index contributed by atoms with van der Waals surface area (Å²) in [5.41, 5.74) is 2.87. The van der Waals surface area contributed by atoms with E-state index in [4.69, 9.17) is 18.9 Å². The summed E-state index contributed by atoms with van der Waals surface area (Å²) in [7, 11) is 3.10. The number of rotatable bonds is 10. The standard InChI is InChI=1S/C35H42N4O7/c1-21-16-34(3)20-36-25-14-29(27(43-5)12-23(25)31(40)38(34)18-21)45-10-8-7-9-11-46-30-15-26-24(13-28(30)44-6)32(41)39-19-22(2)17-35(39,4)33(42)37-26/h12-15,18-20,33,37,42H,7-11,16-17H2,1-6H3/t33-,34-,35-/m0/s1. The highest BCUT2D eigenvalue weighted by Gasteiger charge is 2.48. The number of anilines is 1. The van der Waals surface area contributed by atoms with Gasteiger partial charge in [-0.1, -0.05) is 11.1 Å². The molecule has 4 aliphatic heterocycles. The summed E-state index contributed by atoms with van der Waals surface area (Å²) in [5.74, 6) is 1.67. The van der Waals surface area contributed by atoms with Crippen LogP contribution in [0.4, 0.5) is 11.4 Å². The molecule has 2 N–H and O–H groups in total. The molecule has 4 heterocycles. The molecule has 0 saturated carbocycles. The van der Waals surface area contributed by atoms with Crippen LogP contribution in [0.5, 0.6) is 23.0 Å². The topological polar surface area (TPSA) is 122 Å². The monoisotopic (exact) mass is 630 g/mol. The fourth-order valence-corrected chi connectivity index (χ4v) is 6.79. The number of carbonyl (C=O) groups excluding carboxylic acids is 2. The molecule has 0 aromatic heterocycles. The van der Waals surface area contributed by atoms with E-state index in [2.05, 4.69) is 10.3 Å². The van der Waals surface area contributed by atoms with Gasteiger partial charge < -0.3 is 39.2 Å². The number of unbranched alkanes of at least 4 members (excludes halogenated alkanes) is 2. The first-order valence-corrected chi connectivity index (χ1v) is 15.7. The lowest BCUT2D eigenvalue weighted by Crippen LogP contribution is -2.53. The van der Waals surface area contributed by atoms with Crippen molar-refractivity contribution in [2.24, 2.45) is 4.99 Å². The number of nitrogens with zero attached hydrogens (tertiary/aromatic N) is 3. The number of hydrogen-bond acceptors (Lipinski definition) is 9. The van der Waals surface area contributed by atoms with E-state index in [9.17, 15) is 14.7 Å². The Morgan fingerprint density at radius 3 is 2.09 bits per heavy atom. The molecule has 0 aliphatic carbocycles. The highest BCUT2D eigenvalue weighted by Crippen LogP contribution is 2.44. The summed E-state index contributed by atoms with van der Waals surface area (Å²) in [5, 5.41) is 14.1. The molecule has 6 rings (SSSR count). The largest absolute Gasteiger partial charge is 0.493 e. The third kappa shape index (κ3) is 5.46. The predicted octanol–water partition coefficient (Wildman–Crippen LogP) is 5.81. The van der Waals surface area contributed by atoms with Crippen molar-refractivity contribution in [3.8, 4) is 23.0 Å². The number of nitrogens with one attached hydrogen (secondary N) is 1. The second-order valence-corrected chi connectivity index (χ2v) is 13.0. The predicted molar refractivity (Wildman–Crippen MR) is 175 cm³/mol. The molecule has 244 valence electrons. The smallest absolute Gasteiger partial charge is 0.260 e. The molecule has 4 aliphatic rings. The highest BCUT2D eigenvalue weighted by atomic mass is 16.5. The molecule has 11 nitrogen and oxygen atoms in total. The van der Waals surface area contributed by atoms with Crippen LogP contribution in [0.2, 0.25) is 0 Å². The van der Waals surface area contributed by atoms with Gasteiger partial charge in [-0.15, -0.1) is 0 Å². The average Bonchev–Trinajstić information content (AvgIpc) is 3.47. The number of hydrogen-bond donors (Lipinski definition) is 2. The number of benzene rings is 2. The van der Waals surface area contributed by atoms with E-state index < -0.39 is 17.3 Å². The summed E-state index contributed by atoms with van der Waals surface area (Å²) in [6.45, 7) is 8.74. The molecule has 0 bridgehead atoms. The van der Waals surface area contributed by atoms with Crippen LogP contribution >= 0.6 is 0 Å². The van der Waals surface area contributed by atoms with E-state index in [-0.39, 0.29) is 11.8 Å². The number of carbonyl (C=O) groups is 2. The van der Waals surface area contributed by atoms with Crippen molar-refractivity contribution in [2.75, 3.05) is 32.8 Å². The van der Waals surface area contributed by atoms with Gasteiger partial charge in [-0.05, 0) is 71.9 Å². The molecule has 0 spiro atoms. The molecule has 0 saturated heterocycles. The second-order valence-electron chi connectivity index (χ2n) is 13.0. The van der Waals surface area contributed by atoms with Gasteiger partial charge in [0.15, 0.2) is 23.0 Å². The fraction of sp³-hybridized carbons (Fsp3) is 0.457. The molecule has 46 heavy (non-hydrogen) atoms. The Morgan fingerprint density at radius 1 is 0.826 bits per heavy atom. The Labute approximate surface area is 269 Å². The molecule has 0 fully saturated rings. The lowest BCUT2D eigenvalue weighted by atomic mass is 9.94. The molecule has 0 unspecified atom stereocenters. The Balaban J connectivity index is 1.04. The van der Waals surface area contributed by atoms with Crippen molar-refractivity contribution in [2.45, 2.75) is 77.1 Å². The number of fused-ring (bicyclic) bond motifs is 4. The van der Waals surface area contributed by atoms with Crippen molar-refractivity contribution in [3.05, 3.63) is 58.9 Å². The van der Waals surface area contributed by atoms with Crippen molar-refractivity contribution < 1.29 is 33.6 Å². The van der Waals surface area contributed by atoms with Gasteiger partial charge >= 0.3 is 0 Å². The van der Waals surface area contributed by atoms with Gasteiger partial charge in [-0.2, -0.15) is 0 Å².